The Kier molecular flexibility index (Phi) is 55.3. The van der Waals surface area contributed by atoms with Gasteiger partial charge in [0.1, 0.15) is 24.4 Å². The molecule has 0 aromatic heterocycles. The number of allylic oxidation sites excluding steroid dienone is 11. The lowest BCUT2D eigenvalue weighted by atomic mass is 9.99. The lowest BCUT2D eigenvalue weighted by molar-refractivity contribution is -0.302. The second kappa shape index (κ2) is 58.9. The van der Waals surface area contributed by atoms with E-state index in [0.717, 1.165) is 89.9 Å². The molecule has 1 amide bonds. The first-order valence-corrected chi connectivity index (χ1v) is 33.7. The van der Waals surface area contributed by atoms with Crippen LogP contribution in [0.15, 0.2) is 72.9 Å². The summed E-state index contributed by atoms with van der Waals surface area (Å²) in [4.78, 5) is 25.1. The van der Waals surface area contributed by atoms with E-state index in [1.807, 2.05) is 6.08 Å². The Hall–Kier alpha value is -2.90. The molecule has 1 aliphatic heterocycles. The first-order valence-electron chi connectivity index (χ1n) is 33.7. The van der Waals surface area contributed by atoms with Crippen molar-refractivity contribution in [3.8, 4) is 0 Å². The molecule has 0 aliphatic carbocycles. The number of rotatable bonds is 58. The lowest BCUT2D eigenvalue weighted by Crippen LogP contribution is -2.60. The highest BCUT2D eigenvalue weighted by Gasteiger charge is 2.44. The number of aliphatic hydroxyl groups excluding tert-OH is 5. The maximum absolute atomic E-state index is 13.1. The van der Waals surface area contributed by atoms with Crippen LogP contribution in [0, 0.1) is 0 Å². The van der Waals surface area contributed by atoms with E-state index in [1.165, 1.54) is 180 Å². The van der Waals surface area contributed by atoms with Crippen molar-refractivity contribution >= 4 is 11.9 Å². The van der Waals surface area contributed by atoms with Crippen molar-refractivity contribution in [3.05, 3.63) is 72.9 Å². The van der Waals surface area contributed by atoms with Gasteiger partial charge in [0.25, 0.3) is 0 Å². The minimum atomic E-state index is -1.58. The minimum absolute atomic E-state index is 0.0153. The smallest absolute Gasteiger partial charge is 0.305 e. The quantitative estimate of drug-likeness (QED) is 0.0195. The molecule has 1 saturated heterocycles. The van der Waals surface area contributed by atoms with Gasteiger partial charge in [-0.15, -0.1) is 0 Å². The molecular weight excluding hydrogens is 1010 g/mol. The van der Waals surface area contributed by atoms with E-state index < -0.39 is 49.5 Å². The number of hydrogen-bond acceptors (Lipinski definition) is 10. The summed E-state index contributed by atoms with van der Waals surface area (Å²) in [6.07, 6.45) is 68.7. The van der Waals surface area contributed by atoms with E-state index in [1.54, 1.807) is 6.08 Å². The average Bonchev–Trinajstić information content (AvgIpc) is 3.46. The molecule has 1 heterocycles. The van der Waals surface area contributed by atoms with Gasteiger partial charge in [0.05, 0.1) is 32.0 Å². The van der Waals surface area contributed by atoms with Crippen molar-refractivity contribution in [1.82, 2.24) is 5.32 Å². The molecule has 1 rings (SSSR count). The summed E-state index contributed by atoms with van der Waals surface area (Å²) >= 11 is 0. The normalized spacial score (nSPS) is 18.7. The number of carbonyl (C=O) groups excluding carboxylic acids is 2. The molecule has 7 atom stereocenters. The van der Waals surface area contributed by atoms with Gasteiger partial charge in [-0.3, -0.25) is 9.59 Å². The predicted molar refractivity (Wildman–Crippen MR) is 338 cm³/mol. The summed E-state index contributed by atoms with van der Waals surface area (Å²) in [5, 5.41) is 54.4. The number of amides is 1. The van der Waals surface area contributed by atoms with Crippen LogP contribution >= 0.6 is 0 Å². The molecule has 7 unspecified atom stereocenters. The summed E-state index contributed by atoms with van der Waals surface area (Å²) in [6, 6.07) is -0.832. The maximum Gasteiger partial charge on any atom is 0.305 e. The highest BCUT2D eigenvalue weighted by atomic mass is 16.7. The first-order chi connectivity index (χ1) is 39.7. The van der Waals surface area contributed by atoms with Crippen molar-refractivity contribution in [2.24, 2.45) is 0 Å². The molecule has 0 saturated carbocycles. The van der Waals surface area contributed by atoms with Gasteiger partial charge in [0.15, 0.2) is 6.29 Å². The fourth-order valence-corrected chi connectivity index (χ4v) is 10.2. The van der Waals surface area contributed by atoms with Crippen LogP contribution in [-0.4, -0.2) is 100 Å². The molecule has 0 aromatic rings. The third kappa shape index (κ3) is 48.1. The van der Waals surface area contributed by atoms with Crippen molar-refractivity contribution < 1.29 is 49.3 Å². The van der Waals surface area contributed by atoms with Gasteiger partial charge in [-0.05, 0) is 103 Å². The third-order valence-corrected chi connectivity index (χ3v) is 15.5. The van der Waals surface area contributed by atoms with Crippen molar-refractivity contribution in [1.29, 1.82) is 0 Å². The van der Waals surface area contributed by atoms with Crippen LogP contribution in [0.5, 0.6) is 0 Å². The van der Waals surface area contributed by atoms with Gasteiger partial charge >= 0.3 is 5.97 Å². The molecule has 0 aromatic carbocycles. The van der Waals surface area contributed by atoms with E-state index in [9.17, 15) is 35.1 Å². The van der Waals surface area contributed by atoms with E-state index in [2.05, 4.69) is 79.9 Å². The largest absolute Gasteiger partial charge is 0.466 e. The van der Waals surface area contributed by atoms with E-state index in [-0.39, 0.29) is 18.5 Å². The molecule has 6 N–H and O–H groups in total. The number of hydrogen-bond donors (Lipinski definition) is 6. The maximum atomic E-state index is 13.1. The standard InChI is InChI=1S/C70H125NO10/c1-3-5-7-9-11-13-15-32-36-40-44-48-52-56-63(73)62(61-80-70-69(78)68(77)67(76)64(60-72)81-70)71-65(74)57-53-49-45-41-37-34-30-28-26-24-22-20-18-17-19-21-23-25-27-29-31-35-39-43-47-51-55-59-79-66(75)58-54-50-46-42-38-33-16-14-12-10-8-6-4-2/h8,10,14,16-18,21,23,36,40,52,56,62-64,67-70,72-73,76-78H,3-7,9,11-13,15,19-20,22,24-35,37-39,41-51,53-55,57-61H2,1-2H3,(H,71,74)/b10-8-,16-14-,18-17-,23-21-,40-36+,56-52+. The van der Waals surface area contributed by atoms with Crippen LogP contribution in [0.4, 0.5) is 0 Å². The first kappa shape index (κ1) is 76.1. The van der Waals surface area contributed by atoms with Gasteiger partial charge < -0.3 is 45.1 Å². The molecule has 11 heteroatoms. The SMILES string of the molecule is CCC/C=C\C/C=C\CCCCCCCC(=O)OCCCCCCCCCCC/C=C\C/C=C\CCCCCCCCCCCCCC(=O)NC(COC1OC(CO)C(O)C(O)C1O)C(O)/C=C/CC/C=C/CCCCCCCCC. The summed E-state index contributed by atoms with van der Waals surface area (Å²) < 4.78 is 16.7. The molecule has 1 fully saturated rings. The number of aliphatic hydroxyl groups is 5. The van der Waals surface area contributed by atoms with Crippen LogP contribution in [0.3, 0.4) is 0 Å². The third-order valence-electron chi connectivity index (χ3n) is 15.5. The average molecular weight is 1140 g/mol. The second-order valence-corrected chi connectivity index (χ2v) is 23.2. The summed E-state index contributed by atoms with van der Waals surface area (Å²) in [6.45, 7) is 4.25. The Morgan fingerprint density at radius 1 is 0.457 bits per heavy atom. The van der Waals surface area contributed by atoms with E-state index >= 15 is 0 Å². The summed E-state index contributed by atoms with van der Waals surface area (Å²) in [5.74, 6) is -0.211. The lowest BCUT2D eigenvalue weighted by Gasteiger charge is -2.40. The number of unbranched alkanes of at least 4 members (excludes halogenated alkanes) is 34. The Balaban J connectivity index is 2.03. The van der Waals surface area contributed by atoms with Gasteiger partial charge in [-0.1, -0.05) is 254 Å². The molecule has 81 heavy (non-hydrogen) atoms. The fraction of sp³-hybridized carbons (Fsp3) is 0.800. The topological polar surface area (TPSA) is 175 Å². The van der Waals surface area contributed by atoms with Gasteiger partial charge in [-0.2, -0.15) is 0 Å². The number of nitrogens with one attached hydrogen (secondary N) is 1. The zero-order valence-corrected chi connectivity index (χ0v) is 52.0. The predicted octanol–water partition coefficient (Wildman–Crippen LogP) is 16.7. The zero-order valence-electron chi connectivity index (χ0n) is 52.0. The Morgan fingerprint density at radius 3 is 1.35 bits per heavy atom. The van der Waals surface area contributed by atoms with Crippen molar-refractivity contribution in [2.45, 2.75) is 339 Å². The van der Waals surface area contributed by atoms with Crippen molar-refractivity contribution in [2.75, 3.05) is 19.8 Å². The van der Waals surface area contributed by atoms with Gasteiger partial charge in [0.2, 0.25) is 5.91 Å². The molecule has 0 spiro atoms. The molecule has 0 bridgehead atoms. The molecule has 470 valence electrons. The fourth-order valence-electron chi connectivity index (χ4n) is 10.2. The van der Waals surface area contributed by atoms with Crippen LogP contribution in [0.2, 0.25) is 0 Å². The summed E-state index contributed by atoms with van der Waals surface area (Å²) in [7, 11) is 0. The number of ether oxygens (including phenoxy) is 3. The van der Waals surface area contributed by atoms with Gasteiger partial charge in [-0.25, -0.2) is 0 Å². The monoisotopic (exact) mass is 1140 g/mol. The number of carbonyl (C=O) groups is 2. The molecule has 11 nitrogen and oxygen atoms in total. The Morgan fingerprint density at radius 2 is 0.864 bits per heavy atom. The highest BCUT2D eigenvalue weighted by Crippen LogP contribution is 2.23. The molecule has 1 aliphatic rings. The molecule has 0 radical (unpaired) electrons. The van der Waals surface area contributed by atoms with Gasteiger partial charge in [0, 0.05) is 12.8 Å². The minimum Gasteiger partial charge on any atom is -0.466 e. The second-order valence-electron chi connectivity index (χ2n) is 23.2. The Bertz CT molecular complexity index is 1580. The molecular formula is C70H125NO10. The van der Waals surface area contributed by atoms with E-state index in [0.29, 0.717) is 19.4 Å². The zero-order chi connectivity index (χ0) is 58.7. The van der Waals surface area contributed by atoms with Crippen molar-refractivity contribution in [3.63, 3.8) is 0 Å². The summed E-state index contributed by atoms with van der Waals surface area (Å²) in [5.41, 5.74) is 0. The Labute approximate surface area is 496 Å². The van der Waals surface area contributed by atoms with Crippen LogP contribution in [0.25, 0.3) is 0 Å². The van der Waals surface area contributed by atoms with E-state index in [4.69, 9.17) is 14.2 Å². The highest BCUT2D eigenvalue weighted by molar-refractivity contribution is 5.76. The van der Waals surface area contributed by atoms with Crippen LogP contribution in [-0.2, 0) is 23.8 Å². The van der Waals surface area contributed by atoms with Crippen LogP contribution < -0.4 is 5.32 Å². The van der Waals surface area contributed by atoms with Crippen LogP contribution in [0.1, 0.15) is 296 Å². The number of esters is 1.